The normalized spacial score (nSPS) is 20.3. The predicted molar refractivity (Wildman–Crippen MR) is 111 cm³/mol. The molecule has 2 aliphatic rings. The number of likely N-dealkylation sites (tertiary alicyclic amines) is 1. The SMILES string of the molecule is Cl.Cl.O=C(c1cccc(-c2cscn2)c1)N1CCC(N2CCNCC2)C1. The molecule has 5 nitrogen and oxygen atoms in total. The zero-order valence-corrected chi connectivity index (χ0v) is 16.9. The van der Waals surface area contributed by atoms with Crippen LogP contribution < -0.4 is 5.32 Å². The summed E-state index contributed by atoms with van der Waals surface area (Å²) in [5, 5.41) is 5.40. The van der Waals surface area contributed by atoms with Gasteiger partial charge in [-0.3, -0.25) is 9.69 Å². The molecule has 4 rings (SSSR count). The van der Waals surface area contributed by atoms with Gasteiger partial charge in [0.1, 0.15) is 0 Å². The highest BCUT2D eigenvalue weighted by molar-refractivity contribution is 7.07. The van der Waals surface area contributed by atoms with E-state index in [4.69, 9.17) is 0 Å². The largest absolute Gasteiger partial charge is 0.337 e. The Hall–Kier alpha value is -1.18. The first-order valence-electron chi connectivity index (χ1n) is 8.54. The van der Waals surface area contributed by atoms with Crippen LogP contribution in [0, 0.1) is 0 Å². The fourth-order valence-corrected chi connectivity index (χ4v) is 4.18. The van der Waals surface area contributed by atoms with Crippen LogP contribution >= 0.6 is 36.2 Å². The summed E-state index contributed by atoms with van der Waals surface area (Å²) in [5.74, 6) is 0.143. The van der Waals surface area contributed by atoms with Gasteiger partial charge < -0.3 is 10.2 Å². The van der Waals surface area contributed by atoms with Crippen molar-refractivity contribution in [3.05, 3.63) is 40.7 Å². The Balaban J connectivity index is 0.00000121. The Kier molecular flexibility index (Phi) is 7.85. The van der Waals surface area contributed by atoms with Crippen LogP contribution in [0.25, 0.3) is 11.3 Å². The second-order valence-corrected chi connectivity index (χ2v) is 7.15. The van der Waals surface area contributed by atoms with Crippen molar-refractivity contribution in [1.29, 1.82) is 0 Å². The first-order valence-corrected chi connectivity index (χ1v) is 9.48. The van der Waals surface area contributed by atoms with E-state index in [2.05, 4.69) is 15.2 Å². The van der Waals surface area contributed by atoms with E-state index in [1.165, 1.54) is 0 Å². The number of nitrogens with zero attached hydrogens (tertiary/aromatic N) is 3. The highest BCUT2D eigenvalue weighted by atomic mass is 35.5. The van der Waals surface area contributed by atoms with E-state index in [1.54, 1.807) is 11.3 Å². The predicted octanol–water partition coefficient (Wildman–Crippen LogP) is 2.77. The topological polar surface area (TPSA) is 48.5 Å². The minimum atomic E-state index is 0. The van der Waals surface area contributed by atoms with Gasteiger partial charge in [0, 0.05) is 61.8 Å². The number of nitrogens with one attached hydrogen (secondary N) is 1. The molecule has 1 atom stereocenters. The van der Waals surface area contributed by atoms with Crippen LogP contribution in [0.15, 0.2) is 35.2 Å². The maximum absolute atomic E-state index is 12.9. The van der Waals surface area contributed by atoms with Crippen LogP contribution in [0.3, 0.4) is 0 Å². The molecule has 8 heteroatoms. The van der Waals surface area contributed by atoms with Crippen molar-refractivity contribution in [3.8, 4) is 11.3 Å². The minimum absolute atomic E-state index is 0. The van der Waals surface area contributed by atoms with Crippen molar-refractivity contribution in [3.63, 3.8) is 0 Å². The van der Waals surface area contributed by atoms with Gasteiger partial charge in [0.25, 0.3) is 5.91 Å². The zero-order valence-electron chi connectivity index (χ0n) is 14.5. The van der Waals surface area contributed by atoms with Gasteiger partial charge in [-0.15, -0.1) is 36.2 Å². The molecule has 3 heterocycles. The third-order valence-corrected chi connectivity index (χ3v) is 5.54. The lowest BCUT2D eigenvalue weighted by Gasteiger charge is -2.32. The summed E-state index contributed by atoms with van der Waals surface area (Å²) >= 11 is 1.57. The van der Waals surface area contributed by atoms with Gasteiger partial charge in [-0.05, 0) is 18.6 Å². The van der Waals surface area contributed by atoms with Gasteiger partial charge in [0.05, 0.1) is 11.2 Å². The van der Waals surface area contributed by atoms with Crippen LogP contribution in [0.1, 0.15) is 16.8 Å². The molecule has 142 valence electrons. The lowest BCUT2D eigenvalue weighted by Crippen LogP contribution is -2.49. The van der Waals surface area contributed by atoms with Crippen molar-refractivity contribution < 1.29 is 4.79 Å². The van der Waals surface area contributed by atoms with Gasteiger partial charge in [-0.25, -0.2) is 4.98 Å². The van der Waals surface area contributed by atoms with Crippen LogP contribution in [0.2, 0.25) is 0 Å². The van der Waals surface area contributed by atoms with E-state index in [9.17, 15) is 4.79 Å². The molecule has 0 spiro atoms. The van der Waals surface area contributed by atoms with E-state index in [0.717, 1.165) is 62.5 Å². The molecule has 0 aliphatic carbocycles. The van der Waals surface area contributed by atoms with Gasteiger partial charge in [-0.2, -0.15) is 0 Å². The number of thiazole rings is 1. The van der Waals surface area contributed by atoms with Crippen molar-refractivity contribution >= 4 is 42.1 Å². The number of halogens is 2. The second-order valence-electron chi connectivity index (χ2n) is 6.43. The van der Waals surface area contributed by atoms with Crippen LogP contribution in [0.4, 0.5) is 0 Å². The number of aromatic nitrogens is 1. The summed E-state index contributed by atoms with van der Waals surface area (Å²) < 4.78 is 0. The van der Waals surface area contributed by atoms with E-state index < -0.39 is 0 Å². The number of piperazine rings is 1. The quantitative estimate of drug-likeness (QED) is 0.838. The number of hydrogen-bond donors (Lipinski definition) is 1. The summed E-state index contributed by atoms with van der Waals surface area (Å²) in [5.41, 5.74) is 4.54. The molecule has 1 aromatic heterocycles. The highest BCUT2D eigenvalue weighted by Crippen LogP contribution is 2.23. The number of amides is 1. The van der Waals surface area contributed by atoms with E-state index >= 15 is 0 Å². The highest BCUT2D eigenvalue weighted by Gasteiger charge is 2.31. The van der Waals surface area contributed by atoms with Gasteiger partial charge in [0.2, 0.25) is 0 Å². The number of rotatable bonds is 3. The summed E-state index contributed by atoms with van der Waals surface area (Å²) in [4.78, 5) is 21.7. The molecule has 0 saturated carbocycles. The molecule has 1 unspecified atom stereocenters. The first kappa shape index (κ1) is 21.1. The average Bonchev–Trinajstić information content (AvgIpc) is 3.34. The van der Waals surface area contributed by atoms with Crippen LogP contribution in [-0.2, 0) is 0 Å². The molecule has 2 aromatic rings. The second kappa shape index (κ2) is 9.67. The Morgan fingerprint density at radius 1 is 1.19 bits per heavy atom. The fourth-order valence-electron chi connectivity index (χ4n) is 3.62. The molecule has 0 radical (unpaired) electrons. The average molecular weight is 415 g/mol. The lowest BCUT2D eigenvalue weighted by atomic mass is 10.1. The van der Waals surface area contributed by atoms with Crippen LogP contribution in [0.5, 0.6) is 0 Å². The molecule has 2 saturated heterocycles. The maximum Gasteiger partial charge on any atom is 0.253 e. The summed E-state index contributed by atoms with van der Waals surface area (Å²) in [6, 6.07) is 8.36. The Morgan fingerprint density at radius 3 is 2.73 bits per heavy atom. The molecular formula is C18H24Cl2N4OS. The molecule has 2 fully saturated rings. The summed E-state index contributed by atoms with van der Waals surface area (Å²) in [7, 11) is 0. The Morgan fingerprint density at radius 2 is 2.00 bits per heavy atom. The number of benzene rings is 1. The van der Waals surface area contributed by atoms with Gasteiger partial charge in [-0.1, -0.05) is 12.1 Å². The van der Waals surface area contributed by atoms with E-state index in [1.807, 2.05) is 40.1 Å². The fraction of sp³-hybridized carbons (Fsp3) is 0.444. The molecule has 1 aromatic carbocycles. The molecule has 0 bridgehead atoms. The maximum atomic E-state index is 12.9. The number of carbonyl (C=O) groups excluding carboxylic acids is 1. The zero-order chi connectivity index (χ0) is 16.4. The molecule has 1 amide bonds. The Labute approximate surface area is 170 Å². The number of hydrogen-bond acceptors (Lipinski definition) is 5. The standard InChI is InChI=1S/C18H22N4OS.2ClH/c23-18(15-3-1-2-14(10-15)17-12-24-13-20-17)22-7-4-16(11-22)21-8-5-19-6-9-21;;/h1-3,10,12-13,16,19H,4-9,11H2;2*1H. The Bertz CT molecular complexity index is 707. The third kappa shape index (κ3) is 4.56. The summed E-state index contributed by atoms with van der Waals surface area (Å²) in [6.07, 6.45) is 1.08. The lowest BCUT2D eigenvalue weighted by molar-refractivity contribution is 0.0773. The molecule has 2 aliphatic heterocycles. The smallest absolute Gasteiger partial charge is 0.253 e. The van der Waals surface area contributed by atoms with Crippen molar-refractivity contribution in [2.75, 3.05) is 39.3 Å². The van der Waals surface area contributed by atoms with Crippen molar-refractivity contribution in [1.82, 2.24) is 20.1 Å². The van der Waals surface area contributed by atoms with E-state index in [-0.39, 0.29) is 30.7 Å². The number of carbonyl (C=O) groups is 1. The third-order valence-electron chi connectivity index (χ3n) is 4.96. The van der Waals surface area contributed by atoms with Gasteiger partial charge in [0.15, 0.2) is 0 Å². The molecular weight excluding hydrogens is 391 g/mol. The van der Waals surface area contributed by atoms with Gasteiger partial charge >= 0.3 is 0 Å². The van der Waals surface area contributed by atoms with Crippen molar-refractivity contribution in [2.24, 2.45) is 0 Å². The van der Waals surface area contributed by atoms with Crippen molar-refractivity contribution in [2.45, 2.75) is 12.5 Å². The van der Waals surface area contributed by atoms with E-state index in [0.29, 0.717) is 6.04 Å². The van der Waals surface area contributed by atoms with Crippen LogP contribution in [-0.4, -0.2) is 66.0 Å². The monoisotopic (exact) mass is 414 g/mol. The summed E-state index contributed by atoms with van der Waals surface area (Å²) in [6.45, 7) is 5.99. The molecule has 1 N–H and O–H groups in total. The molecule has 26 heavy (non-hydrogen) atoms. The minimum Gasteiger partial charge on any atom is -0.337 e. The first-order chi connectivity index (χ1) is 11.8.